The van der Waals surface area contributed by atoms with Crippen LogP contribution in [-0.2, 0) is 20.8 Å². The molecule has 0 spiro atoms. The maximum Gasteiger partial charge on any atom is 0.363 e. The summed E-state index contributed by atoms with van der Waals surface area (Å²) in [7, 11) is 0. The molecule has 23 heavy (non-hydrogen) atoms. The summed E-state index contributed by atoms with van der Waals surface area (Å²) in [6.45, 7) is 0. The zero-order valence-corrected chi connectivity index (χ0v) is 12.3. The fourth-order valence-electron chi connectivity index (χ4n) is 2.26. The predicted molar refractivity (Wildman–Crippen MR) is 80.0 cm³/mol. The van der Waals surface area contributed by atoms with Crippen LogP contribution in [0.3, 0.4) is 0 Å². The Labute approximate surface area is 132 Å². The molecule has 0 atom stereocenters. The van der Waals surface area contributed by atoms with Gasteiger partial charge in [-0.05, 0) is 29.8 Å². The Morgan fingerprint density at radius 1 is 1.04 bits per heavy atom. The van der Waals surface area contributed by atoms with Gasteiger partial charge < -0.3 is 4.84 Å². The maximum atomic E-state index is 12.0. The summed E-state index contributed by atoms with van der Waals surface area (Å²) in [5.41, 5.74) is 2.20. The van der Waals surface area contributed by atoms with E-state index in [0.29, 0.717) is 11.5 Å². The van der Waals surface area contributed by atoms with Crippen LogP contribution in [-0.4, -0.2) is 27.8 Å². The number of carbonyl (C=O) groups excluding carboxylic acids is 3. The second-order valence-corrected chi connectivity index (χ2v) is 5.16. The van der Waals surface area contributed by atoms with Crippen molar-refractivity contribution in [2.75, 3.05) is 0 Å². The second-order valence-electron chi connectivity index (χ2n) is 5.16. The normalized spacial score (nSPS) is 14.2. The van der Waals surface area contributed by atoms with Gasteiger partial charge in [0.1, 0.15) is 0 Å². The molecule has 1 aromatic heterocycles. The van der Waals surface area contributed by atoms with Gasteiger partial charge in [-0.25, -0.2) is 4.79 Å². The van der Waals surface area contributed by atoms with Crippen LogP contribution in [0, 0.1) is 0 Å². The summed E-state index contributed by atoms with van der Waals surface area (Å²) in [4.78, 5) is 43.9. The molecule has 2 amide bonds. The molecule has 6 nitrogen and oxygen atoms in total. The number of benzene rings is 1. The smallest absolute Gasteiger partial charge is 0.325 e. The molecule has 1 fully saturated rings. The van der Waals surface area contributed by atoms with Crippen LogP contribution in [0.25, 0.3) is 0 Å². The van der Waals surface area contributed by atoms with E-state index >= 15 is 0 Å². The Morgan fingerprint density at radius 3 is 2.35 bits per heavy atom. The molecule has 0 N–H and O–H groups in total. The SMILES string of the molecule is O=C(ON1C(=O)CCC1=O)c1ccc(Cc2ccccn2)cc1. The summed E-state index contributed by atoms with van der Waals surface area (Å²) >= 11 is 0. The van der Waals surface area contributed by atoms with Crippen LogP contribution < -0.4 is 0 Å². The summed E-state index contributed by atoms with van der Waals surface area (Å²) in [5.74, 6) is -1.71. The Bertz CT molecular complexity index is 725. The highest BCUT2D eigenvalue weighted by molar-refractivity contribution is 6.02. The number of amides is 2. The molecule has 1 aliphatic heterocycles. The molecule has 1 saturated heterocycles. The van der Waals surface area contributed by atoms with E-state index in [4.69, 9.17) is 4.84 Å². The first-order valence-electron chi connectivity index (χ1n) is 7.20. The van der Waals surface area contributed by atoms with E-state index in [-0.39, 0.29) is 18.4 Å². The highest BCUT2D eigenvalue weighted by atomic mass is 16.7. The minimum absolute atomic E-state index is 0.0785. The Hall–Kier alpha value is -3.02. The van der Waals surface area contributed by atoms with E-state index < -0.39 is 17.8 Å². The average Bonchev–Trinajstić information content (AvgIpc) is 2.88. The molecule has 0 saturated carbocycles. The minimum atomic E-state index is -0.724. The van der Waals surface area contributed by atoms with E-state index in [2.05, 4.69) is 4.98 Å². The van der Waals surface area contributed by atoms with Crippen molar-refractivity contribution in [2.45, 2.75) is 19.3 Å². The van der Waals surface area contributed by atoms with Crippen molar-refractivity contribution in [1.29, 1.82) is 0 Å². The first-order chi connectivity index (χ1) is 11.1. The molecule has 3 rings (SSSR count). The van der Waals surface area contributed by atoms with Crippen LogP contribution in [0.2, 0.25) is 0 Å². The number of hydrogen-bond donors (Lipinski definition) is 0. The molecule has 1 aliphatic rings. The molecule has 1 aromatic carbocycles. The van der Waals surface area contributed by atoms with Crippen molar-refractivity contribution in [3.63, 3.8) is 0 Å². The van der Waals surface area contributed by atoms with Crippen molar-refractivity contribution in [2.24, 2.45) is 0 Å². The fourth-order valence-corrected chi connectivity index (χ4v) is 2.26. The highest BCUT2D eigenvalue weighted by Gasteiger charge is 2.33. The molecule has 2 aromatic rings. The molecular formula is C17H14N2O4. The van der Waals surface area contributed by atoms with Gasteiger partial charge in [-0.1, -0.05) is 18.2 Å². The van der Waals surface area contributed by atoms with Crippen LogP contribution >= 0.6 is 0 Å². The molecule has 0 radical (unpaired) electrons. The third kappa shape index (κ3) is 3.42. The van der Waals surface area contributed by atoms with Gasteiger partial charge in [0.15, 0.2) is 0 Å². The first kappa shape index (κ1) is 14.9. The third-order valence-electron chi connectivity index (χ3n) is 3.48. The Kier molecular flexibility index (Phi) is 4.14. The first-order valence-corrected chi connectivity index (χ1v) is 7.20. The number of hydrogen-bond acceptors (Lipinski definition) is 5. The number of imide groups is 1. The zero-order valence-electron chi connectivity index (χ0n) is 12.3. The lowest BCUT2D eigenvalue weighted by atomic mass is 10.1. The van der Waals surface area contributed by atoms with E-state index in [1.54, 1.807) is 30.5 Å². The quantitative estimate of drug-likeness (QED) is 0.806. The van der Waals surface area contributed by atoms with E-state index in [1.807, 2.05) is 18.2 Å². The number of hydroxylamine groups is 2. The highest BCUT2D eigenvalue weighted by Crippen LogP contribution is 2.15. The molecule has 0 unspecified atom stereocenters. The molecule has 2 heterocycles. The molecule has 6 heteroatoms. The summed E-state index contributed by atoms with van der Waals surface area (Å²) in [6.07, 6.45) is 2.54. The summed E-state index contributed by atoms with van der Waals surface area (Å²) in [5, 5.41) is 0.546. The van der Waals surface area contributed by atoms with Crippen molar-refractivity contribution in [3.8, 4) is 0 Å². The van der Waals surface area contributed by atoms with Gasteiger partial charge in [-0.2, -0.15) is 0 Å². The number of nitrogens with zero attached hydrogens (tertiary/aromatic N) is 2. The molecule has 0 aliphatic carbocycles. The number of rotatable bonds is 4. The van der Waals surface area contributed by atoms with E-state index in [1.165, 1.54) is 0 Å². The van der Waals surface area contributed by atoms with Gasteiger partial charge in [-0.3, -0.25) is 14.6 Å². The molecular weight excluding hydrogens is 296 g/mol. The lowest BCUT2D eigenvalue weighted by Gasteiger charge is -2.12. The Morgan fingerprint density at radius 2 is 1.74 bits per heavy atom. The van der Waals surface area contributed by atoms with Crippen molar-refractivity contribution < 1.29 is 19.2 Å². The molecule has 0 bridgehead atoms. The van der Waals surface area contributed by atoms with E-state index in [0.717, 1.165) is 11.3 Å². The van der Waals surface area contributed by atoms with Crippen molar-refractivity contribution in [1.82, 2.24) is 10.0 Å². The fraction of sp³-hybridized carbons (Fsp3) is 0.176. The zero-order chi connectivity index (χ0) is 16.2. The standard InChI is InChI=1S/C17H14N2O4/c20-15-8-9-16(21)19(15)23-17(22)13-6-4-12(5-7-13)11-14-3-1-2-10-18-14/h1-7,10H,8-9,11H2. The third-order valence-corrected chi connectivity index (χ3v) is 3.48. The van der Waals surface area contributed by atoms with Crippen LogP contribution in [0.5, 0.6) is 0 Å². The number of pyridine rings is 1. The number of carbonyl (C=O) groups is 3. The van der Waals surface area contributed by atoms with Gasteiger partial charge in [0.2, 0.25) is 0 Å². The van der Waals surface area contributed by atoms with Crippen molar-refractivity contribution >= 4 is 17.8 Å². The van der Waals surface area contributed by atoms with Gasteiger partial charge in [0, 0.05) is 31.2 Å². The Balaban J connectivity index is 1.66. The summed E-state index contributed by atoms with van der Waals surface area (Å²) in [6, 6.07) is 12.5. The van der Waals surface area contributed by atoms with Crippen molar-refractivity contribution in [3.05, 3.63) is 65.5 Å². The predicted octanol–water partition coefficient (Wildman–Crippen LogP) is 1.89. The lowest BCUT2D eigenvalue weighted by Crippen LogP contribution is -2.32. The van der Waals surface area contributed by atoms with Crippen LogP contribution in [0.1, 0.15) is 34.5 Å². The van der Waals surface area contributed by atoms with Crippen LogP contribution in [0.15, 0.2) is 48.7 Å². The summed E-state index contributed by atoms with van der Waals surface area (Å²) < 4.78 is 0. The van der Waals surface area contributed by atoms with Gasteiger partial charge in [-0.15, -0.1) is 5.06 Å². The average molecular weight is 310 g/mol. The van der Waals surface area contributed by atoms with Gasteiger partial charge >= 0.3 is 5.97 Å². The largest absolute Gasteiger partial charge is 0.363 e. The van der Waals surface area contributed by atoms with Gasteiger partial charge in [0.25, 0.3) is 11.8 Å². The van der Waals surface area contributed by atoms with Crippen LogP contribution in [0.4, 0.5) is 0 Å². The monoisotopic (exact) mass is 310 g/mol. The lowest BCUT2D eigenvalue weighted by molar-refractivity contribution is -0.172. The van der Waals surface area contributed by atoms with E-state index in [9.17, 15) is 14.4 Å². The maximum absolute atomic E-state index is 12.0. The topological polar surface area (TPSA) is 76.6 Å². The second kappa shape index (κ2) is 6.39. The minimum Gasteiger partial charge on any atom is -0.325 e. The van der Waals surface area contributed by atoms with Gasteiger partial charge in [0.05, 0.1) is 5.56 Å². The molecule has 116 valence electrons. The number of aromatic nitrogens is 1.